The molecular formula is C33H41NO3. The summed E-state index contributed by atoms with van der Waals surface area (Å²) < 4.78 is 11.6. The van der Waals surface area contributed by atoms with Crippen molar-refractivity contribution in [3.05, 3.63) is 78.0 Å². The van der Waals surface area contributed by atoms with Gasteiger partial charge < -0.3 is 9.47 Å². The van der Waals surface area contributed by atoms with E-state index in [1.807, 2.05) is 42.6 Å². The fraction of sp³-hybridized carbons (Fsp3) is 0.394. The van der Waals surface area contributed by atoms with Crippen molar-refractivity contribution in [2.75, 3.05) is 6.61 Å². The lowest BCUT2D eigenvalue weighted by Crippen LogP contribution is -2.08. The molecule has 37 heavy (non-hydrogen) atoms. The van der Waals surface area contributed by atoms with Crippen LogP contribution in [0.1, 0.15) is 89.2 Å². The molecule has 0 saturated carbocycles. The molecule has 0 amide bonds. The van der Waals surface area contributed by atoms with Gasteiger partial charge in [-0.15, -0.1) is 0 Å². The molecule has 1 heterocycles. The molecule has 0 aliphatic carbocycles. The lowest BCUT2D eigenvalue weighted by atomic mass is 10.1. The number of aromatic nitrogens is 1. The molecule has 0 radical (unpaired) electrons. The predicted molar refractivity (Wildman–Crippen MR) is 155 cm³/mol. The van der Waals surface area contributed by atoms with Crippen LogP contribution in [0, 0.1) is 0 Å². The zero-order valence-electron chi connectivity index (χ0n) is 22.5. The van der Waals surface area contributed by atoms with Gasteiger partial charge in [0.25, 0.3) is 0 Å². The van der Waals surface area contributed by atoms with Crippen LogP contribution < -0.4 is 9.47 Å². The maximum absolute atomic E-state index is 12.0. The van der Waals surface area contributed by atoms with Crippen molar-refractivity contribution in [3.63, 3.8) is 0 Å². The van der Waals surface area contributed by atoms with E-state index in [2.05, 4.69) is 30.6 Å². The molecule has 3 rings (SSSR count). The van der Waals surface area contributed by atoms with E-state index in [1.54, 1.807) is 19.1 Å². The minimum absolute atomic E-state index is 0.362. The van der Waals surface area contributed by atoms with E-state index >= 15 is 0 Å². The number of esters is 1. The fourth-order valence-electron chi connectivity index (χ4n) is 4.25. The number of fused-ring (bicyclic) bond motifs is 1. The second-order valence-electron chi connectivity index (χ2n) is 9.65. The van der Waals surface area contributed by atoms with Gasteiger partial charge in [-0.2, -0.15) is 0 Å². The summed E-state index contributed by atoms with van der Waals surface area (Å²) in [5, 5.41) is 1.10. The van der Waals surface area contributed by atoms with Crippen molar-refractivity contribution in [2.24, 2.45) is 0 Å². The Bertz CT molecular complexity index is 1180. The maximum atomic E-state index is 12.0. The highest BCUT2D eigenvalue weighted by Crippen LogP contribution is 2.28. The second-order valence-corrected chi connectivity index (χ2v) is 9.65. The first-order valence-electron chi connectivity index (χ1n) is 13.7. The number of hydrogen-bond donors (Lipinski definition) is 0. The number of carbonyl (C=O) groups is 1. The number of unbranched alkanes of at least 4 members (excludes halogenated alkanes) is 9. The Morgan fingerprint density at radius 3 is 2.27 bits per heavy atom. The van der Waals surface area contributed by atoms with Crippen LogP contribution in [0.5, 0.6) is 11.5 Å². The van der Waals surface area contributed by atoms with Gasteiger partial charge in [0, 0.05) is 28.8 Å². The lowest BCUT2D eigenvalue weighted by Gasteiger charge is -2.12. The smallest absolute Gasteiger partial charge is 0.338 e. The van der Waals surface area contributed by atoms with Crippen molar-refractivity contribution in [1.82, 2.24) is 4.98 Å². The number of para-hydroxylation sites is 1. The number of benzene rings is 2. The molecule has 0 bridgehead atoms. The molecule has 1 aromatic heterocycles. The number of rotatable bonds is 16. The van der Waals surface area contributed by atoms with Gasteiger partial charge in [-0.25, -0.2) is 4.79 Å². The molecule has 4 heteroatoms. The summed E-state index contributed by atoms with van der Waals surface area (Å²) in [6.45, 7) is 8.20. The molecule has 0 spiro atoms. The highest BCUT2D eigenvalue weighted by atomic mass is 16.5. The van der Waals surface area contributed by atoms with Crippen LogP contribution in [0.3, 0.4) is 0 Å². The van der Waals surface area contributed by atoms with Crippen LogP contribution in [0.4, 0.5) is 0 Å². The van der Waals surface area contributed by atoms with Crippen molar-refractivity contribution >= 4 is 29.0 Å². The van der Waals surface area contributed by atoms with E-state index in [0.29, 0.717) is 23.7 Å². The number of pyridine rings is 1. The average molecular weight is 500 g/mol. The summed E-state index contributed by atoms with van der Waals surface area (Å²) >= 11 is 0. The standard InChI is InChI=1S/C33H41NO3/c1-4-5-6-7-8-9-10-11-12-15-24-36-32-25-29(37-33(35)26(2)3)21-20-28(32)19-18-27-22-23-34-31-17-14-13-16-30(27)31/h13-14,16-23,25H,2,4-12,15,24H2,1,3H3. The first-order valence-corrected chi connectivity index (χ1v) is 13.7. The molecule has 3 aromatic rings. The number of hydrogen-bond acceptors (Lipinski definition) is 4. The number of carbonyl (C=O) groups excluding carboxylic acids is 1. The van der Waals surface area contributed by atoms with Gasteiger partial charge in [0.15, 0.2) is 0 Å². The van der Waals surface area contributed by atoms with Gasteiger partial charge >= 0.3 is 5.97 Å². The summed E-state index contributed by atoms with van der Waals surface area (Å²) in [6, 6.07) is 15.6. The third kappa shape index (κ3) is 9.53. The van der Waals surface area contributed by atoms with Gasteiger partial charge in [0.2, 0.25) is 0 Å². The van der Waals surface area contributed by atoms with Crippen molar-refractivity contribution in [2.45, 2.75) is 78.1 Å². The summed E-state index contributed by atoms with van der Waals surface area (Å²) in [5.74, 6) is 0.724. The Balaban J connectivity index is 1.61. The monoisotopic (exact) mass is 499 g/mol. The lowest BCUT2D eigenvalue weighted by molar-refractivity contribution is -0.130. The van der Waals surface area contributed by atoms with Crippen molar-refractivity contribution in [1.29, 1.82) is 0 Å². The molecule has 0 aliphatic rings. The normalized spacial score (nSPS) is 11.2. The second kappa shape index (κ2) is 15.7. The highest BCUT2D eigenvalue weighted by Gasteiger charge is 2.09. The minimum atomic E-state index is -0.438. The fourth-order valence-corrected chi connectivity index (χ4v) is 4.25. The molecule has 2 aromatic carbocycles. The highest BCUT2D eigenvalue weighted by molar-refractivity contribution is 5.91. The van der Waals surface area contributed by atoms with Crippen LogP contribution >= 0.6 is 0 Å². The SMILES string of the molecule is C=C(C)C(=O)Oc1ccc(C=Cc2ccnc3ccccc23)c(OCCCCCCCCCCCC)c1. The van der Waals surface area contributed by atoms with Gasteiger partial charge in [-0.1, -0.05) is 102 Å². The summed E-state index contributed by atoms with van der Waals surface area (Å²) in [4.78, 5) is 16.5. The van der Waals surface area contributed by atoms with Crippen LogP contribution in [-0.2, 0) is 4.79 Å². The predicted octanol–water partition coefficient (Wildman–Crippen LogP) is 9.19. The summed E-state index contributed by atoms with van der Waals surface area (Å²) in [5.41, 5.74) is 3.35. The molecular weight excluding hydrogens is 458 g/mol. The topological polar surface area (TPSA) is 48.4 Å². The Labute approximate surface area is 222 Å². The van der Waals surface area contributed by atoms with E-state index in [1.165, 1.54) is 51.4 Å². The van der Waals surface area contributed by atoms with E-state index in [-0.39, 0.29) is 0 Å². The van der Waals surface area contributed by atoms with Crippen LogP contribution in [0.2, 0.25) is 0 Å². The van der Waals surface area contributed by atoms with Gasteiger partial charge in [0.05, 0.1) is 12.1 Å². The maximum Gasteiger partial charge on any atom is 0.338 e. The Kier molecular flexibility index (Phi) is 11.9. The zero-order valence-corrected chi connectivity index (χ0v) is 22.5. The molecule has 0 N–H and O–H groups in total. The first-order chi connectivity index (χ1) is 18.1. The first kappa shape index (κ1) is 28.2. The van der Waals surface area contributed by atoms with Crippen LogP contribution in [-0.4, -0.2) is 17.6 Å². The van der Waals surface area contributed by atoms with Crippen molar-refractivity contribution < 1.29 is 14.3 Å². The van der Waals surface area contributed by atoms with Crippen molar-refractivity contribution in [3.8, 4) is 11.5 Å². The van der Waals surface area contributed by atoms with Gasteiger partial charge in [0.1, 0.15) is 11.5 Å². The van der Waals surface area contributed by atoms with Crippen LogP contribution in [0.25, 0.3) is 23.1 Å². The molecule has 0 saturated heterocycles. The summed E-state index contributed by atoms with van der Waals surface area (Å²) in [7, 11) is 0. The van der Waals surface area contributed by atoms with Crippen LogP contribution in [0.15, 0.2) is 66.9 Å². The van der Waals surface area contributed by atoms with E-state index in [4.69, 9.17) is 9.47 Å². The molecule has 0 atom stereocenters. The Hall–Kier alpha value is -3.40. The molecule has 0 unspecified atom stereocenters. The number of nitrogens with zero attached hydrogens (tertiary/aromatic N) is 1. The zero-order chi connectivity index (χ0) is 26.3. The molecule has 0 fully saturated rings. The molecule has 196 valence electrons. The third-order valence-corrected chi connectivity index (χ3v) is 6.42. The average Bonchev–Trinajstić information content (AvgIpc) is 2.91. The quantitative estimate of drug-likeness (QED) is 0.0853. The molecule has 4 nitrogen and oxygen atoms in total. The minimum Gasteiger partial charge on any atom is -0.493 e. The van der Waals surface area contributed by atoms with E-state index in [9.17, 15) is 4.79 Å². The largest absolute Gasteiger partial charge is 0.493 e. The van der Waals surface area contributed by atoms with Gasteiger partial charge in [-0.05, 0) is 43.2 Å². The van der Waals surface area contributed by atoms with E-state index < -0.39 is 5.97 Å². The van der Waals surface area contributed by atoms with E-state index in [0.717, 1.165) is 34.9 Å². The summed E-state index contributed by atoms with van der Waals surface area (Å²) in [6.07, 6.45) is 18.7. The Morgan fingerprint density at radius 2 is 1.54 bits per heavy atom. The molecule has 0 aliphatic heterocycles. The third-order valence-electron chi connectivity index (χ3n) is 6.42. The number of ether oxygens (including phenoxy) is 2. The Morgan fingerprint density at radius 1 is 0.865 bits per heavy atom. The van der Waals surface area contributed by atoms with Gasteiger partial charge in [-0.3, -0.25) is 4.98 Å².